The van der Waals surface area contributed by atoms with Crippen LogP contribution >= 0.6 is 0 Å². The summed E-state index contributed by atoms with van der Waals surface area (Å²) in [6.45, 7) is 0. The molecule has 22 heavy (non-hydrogen) atoms. The minimum atomic E-state index is -0.487. The normalized spacial score (nSPS) is 10.4. The van der Waals surface area contributed by atoms with Crippen LogP contribution in [0.15, 0.2) is 58.3 Å². The second kappa shape index (κ2) is 5.57. The molecular weight excluding hydrogens is 284 g/mol. The molecule has 0 radical (unpaired) electrons. The fraction of sp³-hybridized carbons (Fsp3) is 0. The molecule has 0 saturated carbocycles. The molecule has 1 aromatic heterocycles. The lowest BCUT2D eigenvalue weighted by Crippen LogP contribution is -2.21. The number of carbonyl (C=O) groups is 1. The van der Waals surface area contributed by atoms with Gasteiger partial charge in [0, 0.05) is 6.07 Å². The number of carbonyl (C=O) groups excluding carboxylic acids is 1. The van der Waals surface area contributed by atoms with Crippen LogP contribution in [0.25, 0.3) is 11.1 Å². The molecule has 0 amide bonds. The standard InChI is InChI=1S/C15H12N4O3/c16-15(17)19-10-3-1-9(2-4-10)14(20)22-11-5-6-13-12(7-11)18-8-21-13/h1-8H,(H4,16,17,19). The molecule has 3 rings (SSSR count). The second-order valence-corrected chi connectivity index (χ2v) is 4.45. The van der Waals surface area contributed by atoms with E-state index in [1.807, 2.05) is 0 Å². The molecule has 0 atom stereocenters. The zero-order valence-corrected chi connectivity index (χ0v) is 11.4. The highest BCUT2D eigenvalue weighted by molar-refractivity contribution is 5.92. The third-order valence-electron chi connectivity index (χ3n) is 2.87. The molecule has 3 aromatic rings. The van der Waals surface area contributed by atoms with Crippen molar-refractivity contribution in [1.82, 2.24) is 4.98 Å². The van der Waals surface area contributed by atoms with Gasteiger partial charge < -0.3 is 20.6 Å². The molecule has 0 saturated heterocycles. The van der Waals surface area contributed by atoms with E-state index in [1.165, 1.54) is 6.39 Å². The Balaban J connectivity index is 1.77. The topological polar surface area (TPSA) is 117 Å². The number of hydrogen-bond acceptors (Lipinski definition) is 5. The van der Waals surface area contributed by atoms with Gasteiger partial charge in [0.1, 0.15) is 11.3 Å². The molecule has 0 aliphatic carbocycles. The lowest BCUT2D eigenvalue weighted by molar-refractivity contribution is 0.0735. The fourth-order valence-corrected chi connectivity index (χ4v) is 1.89. The zero-order chi connectivity index (χ0) is 15.5. The first-order valence-electron chi connectivity index (χ1n) is 6.37. The van der Waals surface area contributed by atoms with E-state index in [4.69, 9.17) is 20.6 Å². The van der Waals surface area contributed by atoms with Gasteiger partial charge in [0.15, 0.2) is 17.9 Å². The number of hydrogen-bond donors (Lipinski definition) is 2. The van der Waals surface area contributed by atoms with Crippen LogP contribution in [-0.2, 0) is 0 Å². The Labute approximate surface area is 125 Å². The Morgan fingerprint density at radius 3 is 2.64 bits per heavy atom. The van der Waals surface area contributed by atoms with E-state index in [-0.39, 0.29) is 5.96 Å². The number of nitrogens with zero attached hydrogens (tertiary/aromatic N) is 2. The third-order valence-corrected chi connectivity index (χ3v) is 2.87. The molecule has 0 unspecified atom stereocenters. The van der Waals surface area contributed by atoms with Crippen LogP contribution in [0.2, 0.25) is 0 Å². The van der Waals surface area contributed by atoms with Crippen LogP contribution in [-0.4, -0.2) is 16.9 Å². The Morgan fingerprint density at radius 1 is 1.14 bits per heavy atom. The quantitative estimate of drug-likeness (QED) is 0.330. The van der Waals surface area contributed by atoms with Crippen LogP contribution < -0.4 is 16.2 Å². The van der Waals surface area contributed by atoms with Gasteiger partial charge in [-0.25, -0.2) is 14.8 Å². The van der Waals surface area contributed by atoms with E-state index >= 15 is 0 Å². The highest BCUT2D eigenvalue weighted by atomic mass is 16.5. The molecule has 0 aliphatic heterocycles. The Kier molecular flexibility index (Phi) is 3.45. The summed E-state index contributed by atoms with van der Waals surface area (Å²) in [6, 6.07) is 11.4. The number of esters is 1. The molecule has 0 spiro atoms. The molecule has 1 heterocycles. The first kappa shape index (κ1) is 13.6. The van der Waals surface area contributed by atoms with Gasteiger partial charge in [-0.05, 0) is 36.4 Å². The van der Waals surface area contributed by atoms with Crippen LogP contribution in [0.5, 0.6) is 5.75 Å². The van der Waals surface area contributed by atoms with E-state index in [9.17, 15) is 4.79 Å². The van der Waals surface area contributed by atoms with E-state index in [0.717, 1.165) is 0 Å². The van der Waals surface area contributed by atoms with Crippen molar-refractivity contribution >= 4 is 28.7 Å². The van der Waals surface area contributed by atoms with Gasteiger partial charge in [0.05, 0.1) is 11.3 Å². The number of benzene rings is 2. The number of ether oxygens (including phenoxy) is 1. The summed E-state index contributed by atoms with van der Waals surface area (Å²) in [5, 5.41) is 0. The van der Waals surface area contributed by atoms with E-state index in [2.05, 4.69) is 9.98 Å². The van der Waals surface area contributed by atoms with Gasteiger partial charge in [-0.15, -0.1) is 0 Å². The lowest BCUT2D eigenvalue weighted by Gasteiger charge is -2.04. The largest absolute Gasteiger partial charge is 0.443 e. The van der Waals surface area contributed by atoms with Gasteiger partial charge in [-0.1, -0.05) is 0 Å². The Morgan fingerprint density at radius 2 is 1.91 bits per heavy atom. The maximum Gasteiger partial charge on any atom is 0.343 e. The van der Waals surface area contributed by atoms with Crippen molar-refractivity contribution in [3.63, 3.8) is 0 Å². The molecule has 0 aliphatic rings. The molecule has 110 valence electrons. The van der Waals surface area contributed by atoms with Crippen molar-refractivity contribution < 1.29 is 13.9 Å². The first-order valence-corrected chi connectivity index (χ1v) is 6.37. The van der Waals surface area contributed by atoms with Gasteiger partial charge in [0.25, 0.3) is 0 Å². The summed E-state index contributed by atoms with van der Waals surface area (Å²) in [5.74, 6) is -0.143. The molecule has 4 N–H and O–H groups in total. The Hall–Kier alpha value is -3.35. The smallest absolute Gasteiger partial charge is 0.343 e. The van der Waals surface area contributed by atoms with Gasteiger partial charge >= 0.3 is 5.97 Å². The highest BCUT2D eigenvalue weighted by Crippen LogP contribution is 2.21. The molecule has 0 fully saturated rings. The minimum Gasteiger partial charge on any atom is -0.443 e. The van der Waals surface area contributed by atoms with Crippen LogP contribution in [0, 0.1) is 0 Å². The van der Waals surface area contributed by atoms with Crippen LogP contribution in [0.1, 0.15) is 10.4 Å². The van der Waals surface area contributed by atoms with Crippen molar-refractivity contribution in [2.24, 2.45) is 16.5 Å². The number of nitrogens with two attached hydrogens (primary N) is 2. The van der Waals surface area contributed by atoms with Crippen LogP contribution in [0.4, 0.5) is 5.69 Å². The monoisotopic (exact) mass is 296 g/mol. The summed E-state index contributed by atoms with van der Waals surface area (Å²) in [7, 11) is 0. The fourth-order valence-electron chi connectivity index (χ4n) is 1.89. The maximum atomic E-state index is 12.1. The second-order valence-electron chi connectivity index (χ2n) is 4.45. The molecule has 7 nitrogen and oxygen atoms in total. The van der Waals surface area contributed by atoms with Gasteiger partial charge in [-0.3, -0.25) is 0 Å². The van der Waals surface area contributed by atoms with Crippen molar-refractivity contribution in [2.75, 3.05) is 0 Å². The number of aromatic nitrogens is 1. The Bertz CT molecular complexity index is 849. The van der Waals surface area contributed by atoms with E-state index in [0.29, 0.717) is 28.1 Å². The zero-order valence-electron chi connectivity index (χ0n) is 11.4. The average Bonchev–Trinajstić information content (AvgIpc) is 2.95. The van der Waals surface area contributed by atoms with Crippen molar-refractivity contribution in [1.29, 1.82) is 0 Å². The number of oxazole rings is 1. The predicted molar refractivity (Wildman–Crippen MR) is 80.9 cm³/mol. The summed E-state index contributed by atoms with van der Waals surface area (Å²) in [6.07, 6.45) is 1.33. The van der Waals surface area contributed by atoms with E-state index < -0.39 is 5.97 Å². The first-order chi connectivity index (χ1) is 10.6. The number of aliphatic imine (C=N–C) groups is 1. The number of fused-ring (bicyclic) bond motifs is 1. The summed E-state index contributed by atoms with van der Waals surface area (Å²) in [5.41, 5.74) is 12.8. The third kappa shape index (κ3) is 2.88. The van der Waals surface area contributed by atoms with Crippen LogP contribution in [0.3, 0.4) is 0 Å². The predicted octanol–water partition coefficient (Wildman–Crippen LogP) is 1.95. The summed E-state index contributed by atoms with van der Waals surface area (Å²) in [4.78, 5) is 19.9. The minimum absolute atomic E-state index is 0.0451. The highest BCUT2D eigenvalue weighted by Gasteiger charge is 2.10. The number of rotatable bonds is 3. The maximum absolute atomic E-state index is 12.1. The summed E-state index contributed by atoms with van der Waals surface area (Å²) >= 11 is 0. The van der Waals surface area contributed by atoms with Crippen molar-refractivity contribution in [2.45, 2.75) is 0 Å². The molecule has 7 heteroatoms. The van der Waals surface area contributed by atoms with E-state index in [1.54, 1.807) is 42.5 Å². The number of guanidine groups is 1. The lowest BCUT2D eigenvalue weighted by atomic mass is 10.2. The van der Waals surface area contributed by atoms with Gasteiger partial charge in [0.2, 0.25) is 0 Å². The SMILES string of the molecule is NC(N)=Nc1ccc(C(=O)Oc2ccc3ocnc3c2)cc1. The summed E-state index contributed by atoms with van der Waals surface area (Å²) < 4.78 is 10.4. The molecule has 2 aromatic carbocycles. The van der Waals surface area contributed by atoms with Crippen molar-refractivity contribution in [3.8, 4) is 5.75 Å². The van der Waals surface area contributed by atoms with Crippen molar-refractivity contribution in [3.05, 3.63) is 54.4 Å². The molecular formula is C15H12N4O3. The average molecular weight is 296 g/mol. The molecule has 0 bridgehead atoms. The van der Waals surface area contributed by atoms with Gasteiger partial charge in [-0.2, -0.15) is 0 Å².